The molecule has 0 radical (unpaired) electrons. The molecule has 3 aromatic rings. The van der Waals surface area contributed by atoms with Crippen LogP contribution in [0.2, 0.25) is 0 Å². The summed E-state index contributed by atoms with van der Waals surface area (Å²) in [4.78, 5) is 1.30. The van der Waals surface area contributed by atoms with Gasteiger partial charge in [-0.2, -0.15) is 0 Å². The Kier molecular flexibility index (Phi) is 9.03. The molecule has 0 fully saturated rings. The highest BCUT2D eigenvalue weighted by atomic mass is 79.9. The fraction of sp³-hybridized carbons (Fsp3) is 0.308. The standard InChI is InChI=1S/C26H29Br2N3OS/c1-18-3-5-19(6-4-18)9-13-32-26-20(15-21(27)16-22(26)28)17-29-11-2-12-30-25-8-7-24-23(31-25)10-14-33-24/h3-8,10,14-16,25,29-31H,2,9,11-13,17H2,1H3. The molecule has 3 N–H and O–H groups in total. The molecule has 0 amide bonds. The van der Waals surface area contributed by atoms with Crippen LogP contribution in [0.5, 0.6) is 5.75 Å². The first-order valence-corrected chi connectivity index (χ1v) is 13.7. The van der Waals surface area contributed by atoms with Crippen LogP contribution in [0.1, 0.15) is 28.0 Å². The van der Waals surface area contributed by atoms with E-state index < -0.39 is 0 Å². The lowest BCUT2D eigenvalue weighted by molar-refractivity contribution is 0.315. The topological polar surface area (TPSA) is 45.3 Å². The van der Waals surface area contributed by atoms with Crippen molar-refractivity contribution in [2.45, 2.75) is 32.5 Å². The Balaban J connectivity index is 1.20. The quantitative estimate of drug-likeness (QED) is 0.216. The molecular formula is C26H29Br2N3OS. The fourth-order valence-electron chi connectivity index (χ4n) is 3.71. The molecule has 0 bridgehead atoms. The van der Waals surface area contributed by atoms with E-state index in [4.69, 9.17) is 4.74 Å². The van der Waals surface area contributed by atoms with Crippen LogP contribution < -0.4 is 20.7 Å². The van der Waals surface area contributed by atoms with Gasteiger partial charge in [0.15, 0.2) is 0 Å². The van der Waals surface area contributed by atoms with Crippen molar-refractivity contribution in [2.24, 2.45) is 0 Å². The predicted octanol–water partition coefficient (Wildman–Crippen LogP) is 6.74. The van der Waals surface area contributed by atoms with Gasteiger partial charge in [-0.05, 0) is 83.7 Å². The smallest absolute Gasteiger partial charge is 0.138 e. The van der Waals surface area contributed by atoms with Crippen LogP contribution in [0.4, 0.5) is 5.69 Å². The molecule has 174 valence electrons. The number of ether oxygens (including phenoxy) is 1. The molecule has 0 saturated heterocycles. The summed E-state index contributed by atoms with van der Waals surface area (Å²) in [7, 11) is 0. The molecule has 4 nitrogen and oxygen atoms in total. The minimum Gasteiger partial charge on any atom is -0.492 e. The zero-order chi connectivity index (χ0) is 23.0. The first-order valence-electron chi connectivity index (χ1n) is 11.2. The maximum absolute atomic E-state index is 6.20. The number of benzene rings is 2. The fourth-order valence-corrected chi connectivity index (χ4v) is 5.90. The van der Waals surface area contributed by atoms with Gasteiger partial charge in [0.05, 0.1) is 27.8 Å². The van der Waals surface area contributed by atoms with E-state index in [1.54, 1.807) is 11.3 Å². The Morgan fingerprint density at radius 3 is 2.79 bits per heavy atom. The maximum Gasteiger partial charge on any atom is 0.138 e. The van der Waals surface area contributed by atoms with Crippen molar-refractivity contribution in [3.63, 3.8) is 0 Å². The minimum atomic E-state index is 0.196. The molecule has 1 aromatic heterocycles. The van der Waals surface area contributed by atoms with E-state index in [-0.39, 0.29) is 6.17 Å². The van der Waals surface area contributed by atoms with Gasteiger partial charge in [0, 0.05) is 23.0 Å². The summed E-state index contributed by atoms with van der Waals surface area (Å²) < 4.78 is 8.22. The van der Waals surface area contributed by atoms with Crippen molar-refractivity contribution >= 4 is 55.0 Å². The lowest BCUT2D eigenvalue weighted by Gasteiger charge is -2.21. The lowest BCUT2D eigenvalue weighted by atomic mass is 10.1. The minimum absolute atomic E-state index is 0.196. The van der Waals surface area contributed by atoms with Crippen molar-refractivity contribution < 1.29 is 4.74 Å². The van der Waals surface area contributed by atoms with Crippen LogP contribution in [0.15, 0.2) is 62.9 Å². The molecule has 1 atom stereocenters. The highest BCUT2D eigenvalue weighted by Gasteiger charge is 2.13. The number of nitrogens with one attached hydrogen (secondary N) is 3. The molecule has 7 heteroatoms. The summed E-state index contributed by atoms with van der Waals surface area (Å²) in [6, 6.07) is 14.9. The molecule has 4 rings (SSSR count). The van der Waals surface area contributed by atoms with Crippen LogP contribution >= 0.6 is 43.2 Å². The lowest BCUT2D eigenvalue weighted by Crippen LogP contribution is -2.37. The number of halogens is 2. The van der Waals surface area contributed by atoms with Crippen molar-refractivity contribution in [3.05, 3.63) is 84.4 Å². The van der Waals surface area contributed by atoms with E-state index in [1.165, 1.54) is 21.7 Å². The van der Waals surface area contributed by atoms with E-state index in [1.807, 2.05) is 6.07 Å². The number of aryl methyl sites for hydroxylation is 1. The van der Waals surface area contributed by atoms with E-state index >= 15 is 0 Å². The molecule has 1 aliphatic rings. The summed E-state index contributed by atoms with van der Waals surface area (Å²) in [5, 5.41) is 12.7. The van der Waals surface area contributed by atoms with Gasteiger partial charge in [-0.25, -0.2) is 0 Å². The molecule has 33 heavy (non-hydrogen) atoms. The predicted molar refractivity (Wildman–Crippen MR) is 147 cm³/mol. The normalized spacial score (nSPS) is 14.7. The van der Waals surface area contributed by atoms with Crippen LogP contribution in [0.3, 0.4) is 0 Å². The zero-order valence-corrected chi connectivity index (χ0v) is 22.7. The Bertz CT molecular complexity index is 1080. The second kappa shape index (κ2) is 12.2. The molecule has 1 unspecified atom stereocenters. The number of fused-ring (bicyclic) bond motifs is 1. The Morgan fingerprint density at radius 2 is 1.94 bits per heavy atom. The van der Waals surface area contributed by atoms with Gasteiger partial charge in [-0.1, -0.05) is 45.8 Å². The van der Waals surface area contributed by atoms with Crippen molar-refractivity contribution in [3.8, 4) is 5.75 Å². The number of anilines is 1. The molecule has 2 aromatic carbocycles. The Hall–Kier alpha value is -1.64. The highest BCUT2D eigenvalue weighted by Crippen LogP contribution is 2.33. The molecule has 2 heterocycles. The first kappa shape index (κ1) is 24.5. The van der Waals surface area contributed by atoms with E-state index in [0.29, 0.717) is 6.61 Å². The van der Waals surface area contributed by atoms with Crippen LogP contribution in [0, 0.1) is 6.92 Å². The van der Waals surface area contributed by atoms with Gasteiger partial charge in [0.2, 0.25) is 0 Å². The number of hydrogen-bond donors (Lipinski definition) is 3. The van der Waals surface area contributed by atoms with Gasteiger partial charge in [0.25, 0.3) is 0 Å². The third kappa shape index (κ3) is 7.17. The van der Waals surface area contributed by atoms with Crippen LogP contribution in [-0.2, 0) is 13.0 Å². The van der Waals surface area contributed by atoms with Crippen molar-refractivity contribution in [1.82, 2.24) is 10.6 Å². The average molecular weight is 591 g/mol. The van der Waals surface area contributed by atoms with E-state index in [0.717, 1.165) is 52.7 Å². The summed E-state index contributed by atoms with van der Waals surface area (Å²) in [5.74, 6) is 0.916. The Labute approximate surface area is 217 Å². The van der Waals surface area contributed by atoms with E-state index in [9.17, 15) is 0 Å². The highest BCUT2D eigenvalue weighted by molar-refractivity contribution is 9.11. The number of rotatable bonds is 11. The van der Waals surface area contributed by atoms with Crippen LogP contribution in [0.25, 0.3) is 6.08 Å². The second-order valence-electron chi connectivity index (χ2n) is 8.12. The number of thiophene rings is 1. The van der Waals surface area contributed by atoms with Gasteiger partial charge in [0.1, 0.15) is 5.75 Å². The summed E-state index contributed by atoms with van der Waals surface area (Å²) in [5.41, 5.74) is 4.93. The zero-order valence-electron chi connectivity index (χ0n) is 18.7. The van der Waals surface area contributed by atoms with Gasteiger partial charge in [-0.15, -0.1) is 11.3 Å². The SMILES string of the molecule is Cc1ccc(CCOc2c(Br)cc(Br)cc2CNCCCNC2C=Cc3sccc3N2)cc1. The summed E-state index contributed by atoms with van der Waals surface area (Å²) >= 11 is 9.05. The first-order chi connectivity index (χ1) is 16.1. The van der Waals surface area contributed by atoms with Gasteiger partial charge in [-0.3, -0.25) is 5.32 Å². The number of hydrogen-bond acceptors (Lipinski definition) is 5. The third-order valence-electron chi connectivity index (χ3n) is 5.50. The molecule has 0 aliphatic carbocycles. The summed E-state index contributed by atoms with van der Waals surface area (Å²) in [6.45, 7) is 5.39. The van der Waals surface area contributed by atoms with Crippen molar-refractivity contribution in [1.29, 1.82) is 0 Å². The van der Waals surface area contributed by atoms with Gasteiger partial charge < -0.3 is 15.4 Å². The maximum atomic E-state index is 6.20. The monoisotopic (exact) mass is 589 g/mol. The molecular weight excluding hydrogens is 562 g/mol. The third-order valence-corrected chi connectivity index (χ3v) is 7.43. The molecule has 0 saturated carbocycles. The largest absolute Gasteiger partial charge is 0.492 e. The molecule has 1 aliphatic heterocycles. The Morgan fingerprint density at radius 1 is 1.09 bits per heavy atom. The van der Waals surface area contributed by atoms with Crippen molar-refractivity contribution in [2.75, 3.05) is 25.0 Å². The molecule has 0 spiro atoms. The van der Waals surface area contributed by atoms with E-state index in [2.05, 4.69) is 109 Å². The summed E-state index contributed by atoms with van der Waals surface area (Å²) in [6.07, 6.45) is 6.50. The second-order valence-corrected chi connectivity index (χ2v) is 10.8. The van der Waals surface area contributed by atoms with Crippen LogP contribution in [-0.4, -0.2) is 25.9 Å². The van der Waals surface area contributed by atoms with Gasteiger partial charge >= 0.3 is 0 Å². The average Bonchev–Trinajstić information content (AvgIpc) is 3.27.